The molecular formula is C12H19N3O2. The number of nitrogen functional groups attached to an aromatic ring is 1. The third kappa shape index (κ3) is 3.62. The summed E-state index contributed by atoms with van der Waals surface area (Å²) in [5.41, 5.74) is 6.79. The van der Waals surface area contributed by atoms with E-state index in [1.807, 2.05) is 6.92 Å². The smallest absolute Gasteiger partial charge is 0.273 e. The first kappa shape index (κ1) is 13.3. The van der Waals surface area contributed by atoms with Gasteiger partial charge in [0.05, 0.1) is 4.92 Å². The first-order valence-electron chi connectivity index (χ1n) is 5.51. The number of hydrogen-bond acceptors (Lipinski definition) is 4. The number of nitrogens with one attached hydrogen (secondary N) is 1. The van der Waals surface area contributed by atoms with Gasteiger partial charge in [0.15, 0.2) is 0 Å². The summed E-state index contributed by atoms with van der Waals surface area (Å²) in [6.07, 6.45) is 0. The van der Waals surface area contributed by atoms with E-state index in [-0.39, 0.29) is 17.1 Å². The summed E-state index contributed by atoms with van der Waals surface area (Å²) in [5.74, 6) is 0. The lowest BCUT2D eigenvalue weighted by Crippen LogP contribution is -2.30. The normalized spacial score (nSPS) is 13.2. The molecule has 3 N–H and O–H groups in total. The zero-order chi connectivity index (χ0) is 13.2. The minimum Gasteiger partial charge on any atom is -0.398 e. The fraction of sp³-hybridized carbons (Fsp3) is 0.500. The van der Waals surface area contributed by atoms with Crippen LogP contribution in [0, 0.1) is 15.5 Å². The molecule has 1 rings (SSSR count). The van der Waals surface area contributed by atoms with Gasteiger partial charge in [0.1, 0.15) is 0 Å². The van der Waals surface area contributed by atoms with Crippen LogP contribution in [0.1, 0.15) is 27.7 Å². The Labute approximate surface area is 101 Å². The number of benzene rings is 1. The predicted molar refractivity (Wildman–Crippen MR) is 70.0 cm³/mol. The van der Waals surface area contributed by atoms with E-state index in [0.29, 0.717) is 11.4 Å². The van der Waals surface area contributed by atoms with Crippen molar-refractivity contribution in [2.75, 3.05) is 11.1 Å². The van der Waals surface area contributed by atoms with Gasteiger partial charge >= 0.3 is 0 Å². The Hall–Kier alpha value is -1.78. The third-order valence-electron chi connectivity index (χ3n) is 2.83. The fourth-order valence-electron chi connectivity index (χ4n) is 1.29. The SMILES string of the molecule is CC(Nc1cc(N)cc([N+](=O)[O-])c1)C(C)(C)C. The summed E-state index contributed by atoms with van der Waals surface area (Å²) in [6, 6.07) is 4.74. The van der Waals surface area contributed by atoms with Crippen molar-refractivity contribution in [2.24, 2.45) is 5.41 Å². The highest BCUT2D eigenvalue weighted by atomic mass is 16.6. The second-order valence-corrected chi connectivity index (χ2v) is 5.30. The molecule has 0 radical (unpaired) electrons. The zero-order valence-corrected chi connectivity index (χ0v) is 10.7. The lowest BCUT2D eigenvalue weighted by Gasteiger charge is -2.29. The molecule has 0 aliphatic heterocycles. The van der Waals surface area contributed by atoms with Crippen molar-refractivity contribution in [2.45, 2.75) is 33.7 Å². The van der Waals surface area contributed by atoms with E-state index in [9.17, 15) is 10.1 Å². The van der Waals surface area contributed by atoms with Crippen LogP contribution >= 0.6 is 0 Å². The van der Waals surface area contributed by atoms with Gasteiger partial charge in [-0.25, -0.2) is 0 Å². The molecule has 94 valence electrons. The van der Waals surface area contributed by atoms with Crippen LogP contribution in [0.15, 0.2) is 18.2 Å². The van der Waals surface area contributed by atoms with Gasteiger partial charge in [0.25, 0.3) is 5.69 Å². The molecule has 0 fully saturated rings. The van der Waals surface area contributed by atoms with Gasteiger partial charge in [-0.3, -0.25) is 10.1 Å². The van der Waals surface area contributed by atoms with E-state index in [1.54, 1.807) is 6.07 Å². The van der Waals surface area contributed by atoms with Crippen LogP contribution in [0.3, 0.4) is 0 Å². The Morgan fingerprint density at radius 3 is 2.41 bits per heavy atom. The molecule has 0 saturated heterocycles. The molecule has 0 amide bonds. The second-order valence-electron chi connectivity index (χ2n) is 5.30. The van der Waals surface area contributed by atoms with Gasteiger partial charge in [-0.2, -0.15) is 0 Å². The van der Waals surface area contributed by atoms with E-state index >= 15 is 0 Å². The first-order chi connectivity index (χ1) is 7.70. The van der Waals surface area contributed by atoms with E-state index in [2.05, 4.69) is 26.1 Å². The van der Waals surface area contributed by atoms with Crippen molar-refractivity contribution >= 4 is 17.1 Å². The van der Waals surface area contributed by atoms with Gasteiger partial charge in [0.2, 0.25) is 0 Å². The molecule has 0 aromatic heterocycles. The topological polar surface area (TPSA) is 81.2 Å². The average Bonchev–Trinajstić information content (AvgIpc) is 2.14. The molecular weight excluding hydrogens is 218 g/mol. The molecule has 5 heteroatoms. The minimum atomic E-state index is -0.441. The first-order valence-corrected chi connectivity index (χ1v) is 5.51. The van der Waals surface area contributed by atoms with E-state index in [4.69, 9.17) is 5.73 Å². The van der Waals surface area contributed by atoms with Gasteiger partial charge in [-0.05, 0) is 18.4 Å². The Balaban J connectivity index is 2.96. The van der Waals surface area contributed by atoms with Crippen LogP contribution in [0.2, 0.25) is 0 Å². The number of anilines is 2. The highest BCUT2D eigenvalue weighted by Crippen LogP contribution is 2.27. The molecule has 0 saturated carbocycles. The Kier molecular flexibility index (Phi) is 3.60. The van der Waals surface area contributed by atoms with E-state index in [0.717, 1.165) is 0 Å². The van der Waals surface area contributed by atoms with Gasteiger partial charge in [-0.15, -0.1) is 0 Å². The van der Waals surface area contributed by atoms with Crippen LogP contribution in [-0.2, 0) is 0 Å². The fourth-order valence-corrected chi connectivity index (χ4v) is 1.29. The number of nitro groups is 1. The Morgan fingerprint density at radius 1 is 1.35 bits per heavy atom. The molecule has 0 bridgehead atoms. The van der Waals surface area contributed by atoms with Gasteiger partial charge in [-0.1, -0.05) is 20.8 Å². The van der Waals surface area contributed by atoms with Crippen molar-refractivity contribution < 1.29 is 4.92 Å². The Morgan fingerprint density at radius 2 is 1.94 bits per heavy atom. The van der Waals surface area contributed by atoms with Crippen LogP contribution in [0.25, 0.3) is 0 Å². The third-order valence-corrected chi connectivity index (χ3v) is 2.83. The maximum absolute atomic E-state index is 10.7. The summed E-state index contributed by atoms with van der Waals surface area (Å²) in [4.78, 5) is 10.3. The van der Waals surface area contributed by atoms with Crippen LogP contribution in [0.5, 0.6) is 0 Å². The number of non-ortho nitro benzene ring substituents is 1. The maximum Gasteiger partial charge on any atom is 0.273 e. The number of nitrogens with two attached hydrogens (primary N) is 1. The highest BCUT2D eigenvalue weighted by molar-refractivity contribution is 5.61. The van der Waals surface area contributed by atoms with Crippen molar-refractivity contribution in [1.29, 1.82) is 0 Å². The van der Waals surface area contributed by atoms with Crippen molar-refractivity contribution in [3.63, 3.8) is 0 Å². The van der Waals surface area contributed by atoms with Crippen LogP contribution < -0.4 is 11.1 Å². The van der Waals surface area contributed by atoms with Crippen molar-refractivity contribution in [1.82, 2.24) is 0 Å². The lowest BCUT2D eigenvalue weighted by molar-refractivity contribution is -0.384. The summed E-state index contributed by atoms with van der Waals surface area (Å²) < 4.78 is 0. The number of rotatable bonds is 3. The number of nitro benzene ring substituents is 1. The minimum absolute atomic E-state index is 0.00797. The van der Waals surface area contributed by atoms with Crippen LogP contribution in [0.4, 0.5) is 17.1 Å². The van der Waals surface area contributed by atoms with E-state index < -0.39 is 4.92 Å². The molecule has 0 spiro atoms. The summed E-state index contributed by atoms with van der Waals surface area (Å²) in [5, 5.41) is 13.9. The van der Waals surface area contributed by atoms with E-state index in [1.165, 1.54) is 12.1 Å². The molecule has 1 aromatic rings. The zero-order valence-electron chi connectivity index (χ0n) is 10.7. The molecule has 0 heterocycles. The highest BCUT2D eigenvalue weighted by Gasteiger charge is 2.20. The van der Waals surface area contributed by atoms with Gasteiger partial charge in [0, 0.05) is 29.5 Å². The maximum atomic E-state index is 10.7. The second kappa shape index (κ2) is 4.61. The summed E-state index contributed by atoms with van der Waals surface area (Å²) >= 11 is 0. The van der Waals surface area contributed by atoms with Crippen LogP contribution in [-0.4, -0.2) is 11.0 Å². The monoisotopic (exact) mass is 237 g/mol. The standard InChI is InChI=1S/C12H19N3O2/c1-8(12(2,3)4)14-10-5-9(13)6-11(7-10)15(16)17/h5-8,14H,13H2,1-4H3. The average molecular weight is 237 g/mol. The number of nitrogens with zero attached hydrogens (tertiary/aromatic N) is 1. The lowest BCUT2D eigenvalue weighted by atomic mass is 9.88. The quantitative estimate of drug-likeness (QED) is 0.481. The summed E-state index contributed by atoms with van der Waals surface area (Å²) in [6.45, 7) is 8.34. The molecule has 1 atom stereocenters. The molecule has 0 aliphatic carbocycles. The summed E-state index contributed by atoms with van der Waals surface area (Å²) in [7, 11) is 0. The van der Waals surface area contributed by atoms with Crippen molar-refractivity contribution in [3.05, 3.63) is 28.3 Å². The molecule has 17 heavy (non-hydrogen) atoms. The van der Waals surface area contributed by atoms with Crippen molar-refractivity contribution in [3.8, 4) is 0 Å². The molecule has 0 aliphatic rings. The molecule has 5 nitrogen and oxygen atoms in total. The molecule has 1 unspecified atom stereocenters. The predicted octanol–water partition coefficient (Wildman–Crippen LogP) is 3.02. The largest absolute Gasteiger partial charge is 0.398 e. The molecule has 1 aromatic carbocycles. The van der Waals surface area contributed by atoms with Gasteiger partial charge < -0.3 is 11.1 Å². The Bertz CT molecular complexity index is 424. The number of hydrogen-bond donors (Lipinski definition) is 2.